The summed E-state index contributed by atoms with van der Waals surface area (Å²) in [5, 5.41) is 6.98. The van der Waals surface area contributed by atoms with E-state index < -0.39 is 5.82 Å². The molecule has 0 bridgehead atoms. The number of nitrogens with two attached hydrogens (primary N) is 1. The van der Waals surface area contributed by atoms with Gasteiger partial charge in [0.1, 0.15) is 5.82 Å². The fourth-order valence-electron chi connectivity index (χ4n) is 1.01. The van der Waals surface area contributed by atoms with Crippen molar-refractivity contribution in [1.29, 1.82) is 0 Å². The molecule has 2 rings (SSSR count). The molecule has 1 aromatic carbocycles. The zero-order valence-electron chi connectivity index (χ0n) is 6.87. The molecule has 0 aliphatic heterocycles. The first kappa shape index (κ1) is 8.96. The van der Waals surface area contributed by atoms with Crippen LogP contribution in [0.2, 0.25) is 5.02 Å². The molecule has 6 heteroatoms. The van der Waals surface area contributed by atoms with Crippen LogP contribution in [0.4, 0.5) is 10.4 Å². The van der Waals surface area contributed by atoms with E-state index in [9.17, 15) is 4.39 Å². The van der Waals surface area contributed by atoms with Gasteiger partial charge in [0.2, 0.25) is 0 Å². The molecule has 1 aromatic heterocycles. The van der Waals surface area contributed by atoms with E-state index in [1.165, 1.54) is 12.1 Å². The molecule has 0 atom stereocenters. The summed E-state index contributed by atoms with van der Waals surface area (Å²) in [7, 11) is 0. The van der Waals surface area contributed by atoms with E-state index in [1.54, 1.807) is 6.07 Å². The van der Waals surface area contributed by atoms with E-state index in [2.05, 4.69) is 10.2 Å². The van der Waals surface area contributed by atoms with Gasteiger partial charge in [-0.25, -0.2) is 4.39 Å². The van der Waals surface area contributed by atoms with Crippen molar-refractivity contribution in [2.45, 2.75) is 0 Å². The molecule has 0 radical (unpaired) electrons. The van der Waals surface area contributed by atoms with Gasteiger partial charge in [-0.15, -0.1) is 5.10 Å². The average Bonchev–Trinajstić information content (AvgIpc) is 2.57. The third-order valence-electron chi connectivity index (χ3n) is 1.62. The van der Waals surface area contributed by atoms with Gasteiger partial charge in [-0.05, 0) is 12.1 Å². The van der Waals surface area contributed by atoms with Crippen molar-refractivity contribution in [2.24, 2.45) is 0 Å². The molecular formula is C8H5ClFN3O. The SMILES string of the molecule is Nc1nnc(-c2cccc(F)c2Cl)o1. The Morgan fingerprint density at radius 2 is 2.14 bits per heavy atom. The highest BCUT2D eigenvalue weighted by Gasteiger charge is 2.12. The topological polar surface area (TPSA) is 64.9 Å². The highest BCUT2D eigenvalue weighted by Crippen LogP contribution is 2.28. The zero-order valence-corrected chi connectivity index (χ0v) is 7.62. The summed E-state index contributed by atoms with van der Waals surface area (Å²) in [5.74, 6) is -0.437. The lowest BCUT2D eigenvalue weighted by molar-refractivity contribution is 0.587. The molecule has 0 saturated carbocycles. The van der Waals surface area contributed by atoms with Gasteiger partial charge in [0.25, 0.3) is 5.89 Å². The molecular weight excluding hydrogens is 209 g/mol. The molecule has 0 spiro atoms. The van der Waals surface area contributed by atoms with Crippen molar-refractivity contribution in [3.05, 3.63) is 29.0 Å². The van der Waals surface area contributed by atoms with E-state index in [0.29, 0.717) is 5.56 Å². The summed E-state index contributed by atoms with van der Waals surface area (Å²) in [6, 6.07) is 4.22. The first-order chi connectivity index (χ1) is 6.68. The van der Waals surface area contributed by atoms with Crippen LogP contribution < -0.4 is 5.73 Å². The largest absolute Gasteiger partial charge is 0.404 e. The molecule has 2 N–H and O–H groups in total. The maximum Gasteiger partial charge on any atom is 0.313 e. The fraction of sp³-hybridized carbons (Fsp3) is 0. The number of anilines is 1. The van der Waals surface area contributed by atoms with Crippen molar-refractivity contribution < 1.29 is 8.81 Å². The summed E-state index contributed by atoms with van der Waals surface area (Å²) in [5.41, 5.74) is 5.56. The Morgan fingerprint density at radius 3 is 2.79 bits per heavy atom. The van der Waals surface area contributed by atoms with Crippen LogP contribution in [-0.2, 0) is 0 Å². The Kier molecular flexibility index (Phi) is 2.09. The van der Waals surface area contributed by atoms with Crippen LogP contribution in [0, 0.1) is 5.82 Å². The minimum absolute atomic E-state index is 0.0591. The second kappa shape index (κ2) is 3.26. The lowest BCUT2D eigenvalue weighted by Gasteiger charge is -1.98. The number of hydrogen-bond donors (Lipinski definition) is 1. The van der Waals surface area contributed by atoms with Gasteiger partial charge in [-0.2, -0.15) is 0 Å². The van der Waals surface area contributed by atoms with Gasteiger partial charge in [0.15, 0.2) is 0 Å². The number of nitrogens with zero attached hydrogens (tertiary/aromatic N) is 2. The van der Waals surface area contributed by atoms with E-state index in [0.717, 1.165) is 0 Å². The van der Waals surface area contributed by atoms with Crippen LogP contribution in [0.5, 0.6) is 0 Å². The van der Waals surface area contributed by atoms with Crippen LogP contribution in [0.1, 0.15) is 0 Å². The first-order valence-corrected chi connectivity index (χ1v) is 4.09. The summed E-state index contributed by atoms with van der Waals surface area (Å²) < 4.78 is 17.9. The third-order valence-corrected chi connectivity index (χ3v) is 2.01. The summed E-state index contributed by atoms with van der Waals surface area (Å²) in [4.78, 5) is 0. The van der Waals surface area contributed by atoms with E-state index >= 15 is 0 Å². The quantitative estimate of drug-likeness (QED) is 0.788. The Labute approximate surface area is 83.5 Å². The molecule has 0 aliphatic carbocycles. The normalized spacial score (nSPS) is 10.4. The van der Waals surface area contributed by atoms with Gasteiger partial charge in [-0.1, -0.05) is 22.8 Å². The monoisotopic (exact) mass is 213 g/mol. The smallest absolute Gasteiger partial charge is 0.313 e. The van der Waals surface area contributed by atoms with E-state index in [1.807, 2.05) is 0 Å². The minimum atomic E-state index is -0.541. The standard InChI is InChI=1S/C8H5ClFN3O/c9-6-4(2-1-3-5(6)10)7-12-13-8(11)14-7/h1-3H,(H2,11,13). The Hall–Kier alpha value is -1.62. The number of halogens is 2. The van der Waals surface area contributed by atoms with Gasteiger partial charge in [0.05, 0.1) is 10.6 Å². The molecule has 14 heavy (non-hydrogen) atoms. The number of aromatic nitrogens is 2. The van der Waals surface area contributed by atoms with Gasteiger partial charge in [-0.3, -0.25) is 0 Å². The molecule has 0 fully saturated rings. The molecule has 0 aliphatic rings. The molecule has 72 valence electrons. The number of hydrogen-bond acceptors (Lipinski definition) is 4. The molecule has 0 unspecified atom stereocenters. The van der Waals surface area contributed by atoms with Crippen molar-refractivity contribution in [1.82, 2.24) is 10.2 Å². The first-order valence-electron chi connectivity index (χ1n) is 3.72. The summed E-state index contributed by atoms with van der Waals surface area (Å²) in [6.45, 7) is 0. The predicted molar refractivity (Wildman–Crippen MR) is 49.1 cm³/mol. The fourth-order valence-corrected chi connectivity index (χ4v) is 1.22. The molecule has 0 amide bonds. The Balaban J connectivity index is 2.57. The lowest BCUT2D eigenvalue weighted by Crippen LogP contribution is -1.83. The van der Waals surface area contributed by atoms with Crippen molar-refractivity contribution in [3.8, 4) is 11.5 Å². The van der Waals surface area contributed by atoms with Gasteiger partial charge < -0.3 is 10.2 Å². The Morgan fingerprint density at radius 1 is 1.36 bits per heavy atom. The maximum absolute atomic E-state index is 13.0. The third kappa shape index (κ3) is 1.42. The van der Waals surface area contributed by atoms with E-state index in [-0.39, 0.29) is 16.9 Å². The second-order valence-corrected chi connectivity index (χ2v) is 2.92. The van der Waals surface area contributed by atoms with E-state index in [4.69, 9.17) is 21.8 Å². The molecule has 2 aromatic rings. The number of benzene rings is 1. The van der Waals surface area contributed by atoms with Crippen LogP contribution in [0.3, 0.4) is 0 Å². The highest BCUT2D eigenvalue weighted by molar-refractivity contribution is 6.33. The zero-order chi connectivity index (χ0) is 10.1. The summed E-state index contributed by atoms with van der Waals surface area (Å²) >= 11 is 5.69. The minimum Gasteiger partial charge on any atom is -0.404 e. The van der Waals surface area contributed by atoms with Crippen LogP contribution in [0.15, 0.2) is 22.6 Å². The molecule has 1 heterocycles. The van der Waals surface area contributed by atoms with Crippen LogP contribution >= 0.6 is 11.6 Å². The van der Waals surface area contributed by atoms with Crippen LogP contribution in [-0.4, -0.2) is 10.2 Å². The van der Waals surface area contributed by atoms with Crippen molar-refractivity contribution in [3.63, 3.8) is 0 Å². The summed E-state index contributed by atoms with van der Waals surface area (Å²) in [6.07, 6.45) is 0. The molecule has 0 saturated heterocycles. The number of nitrogen functional groups attached to an aromatic ring is 1. The lowest BCUT2D eigenvalue weighted by atomic mass is 10.2. The average molecular weight is 214 g/mol. The predicted octanol–water partition coefficient (Wildman–Crippen LogP) is 2.11. The van der Waals surface area contributed by atoms with Gasteiger partial charge >= 0.3 is 6.01 Å². The number of rotatable bonds is 1. The van der Waals surface area contributed by atoms with Crippen LogP contribution in [0.25, 0.3) is 11.5 Å². The highest BCUT2D eigenvalue weighted by atomic mass is 35.5. The Bertz CT molecular complexity index is 471. The maximum atomic E-state index is 13.0. The van der Waals surface area contributed by atoms with Gasteiger partial charge in [0, 0.05) is 0 Å². The molecule has 4 nitrogen and oxygen atoms in total. The van der Waals surface area contributed by atoms with Crippen molar-refractivity contribution in [2.75, 3.05) is 5.73 Å². The van der Waals surface area contributed by atoms with Crippen molar-refractivity contribution >= 4 is 17.6 Å². The second-order valence-electron chi connectivity index (χ2n) is 2.55.